The lowest BCUT2D eigenvalue weighted by Gasteiger charge is -2.10. The van der Waals surface area contributed by atoms with Crippen LogP contribution < -0.4 is 5.32 Å². The highest BCUT2D eigenvalue weighted by Crippen LogP contribution is 2.40. The van der Waals surface area contributed by atoms with E-state index in [0.717, 1.165) is 12.1 Å². The van der Waals surface area contributed by atoms with Gasteiger partial charge in [-0.25, -0.2) is 4.98 Å². The Labute approximate surface area is 201 Å². The zero-order chi connectivity index (χ0) is 24.5. The molecule has 0 saturated carbocycles. The number of aromatic hydroxyl groups is 1. The number of carbonyl (C=O) groups excluding carboxylic acids is 1. The SMILES string of the molecule is O=C(Cc1ccc(C(F)(F)F)cc1O)Nc1oc(-c2ccccc2)nc1-c1c(Cl)cccc1Cl. The number of halogens is 5. The van der Waals surface area contributed by atoms with Crippen molar-refractivity contribution in [2.24, 2.45) is 0 Å². The average molecular weight is 507 g/mol. The number of aromatic nitrogens is 1. The van der Waals surface area contributed by atoms with Crippen LogP contribution in [-0.4, -0.2) is 16.0 Å². The maximum Gasteiger partial charge on any atom is 0.416 e. The van der Waals surface area contributed by atoms with E-state index in [0.29, 0.717) is 17.2 Å². The van der Waals surface area contributed by atoms with Gasteiger partial charge in [0.05, 0.1) is 22.0 Å². The van der Waals surface area contributed by atoms with Gasteiger partial charge in [0, 0.05) is 16.7 Å². The molecule has 0 spiro atoms. The fourth-order valence-electron chi connectivity index (χ4n) is 3.24. The zero-order valence-corrected chi connectivity index (χ0v) is 18.7. The summed E-state index contributed by atoms with van der Waals surface area (Å²) in [7, 11) is 0. The summed E-state index contributed by atoms with van der Waals surface area (Å²) in [5.74, 6) is -1.17. The first-order chi connectivity index (χ1) is 16.1. The van der Waals surface area contributed by atoms with Crippen LogP contribution in [0.4, 0.5) is 19.1 Å². The number of anilines is 1. The van der Waals surface area contributed by atoms with Crippen LogP contribution in [0.2, 0.25) is 10.0 Å². The van der Waals surface area contributed by atoms with Gasteiger partial charge in [-0.2, -0.15) is 13.2 Å². The van der Waals surface area contributed by atoms with Crippen LogP contribution in [-0.2, 0) is 17.4 Å². The molecule has 10 heteroatoms. The molecule has 4 rings (SSSR count). The fourth-order valence-corrected chi connectivity index (χ4v) is 3.81. The third kappa shape index (κ3) is 5.03. The third-order valence-corrected chi connectivity index (χ3v) is 5.49. The summed E-state index contributed by atoms with van der Waals surface area (Å²) in [4.78, 5) is 17.2. The molecule has 0 aliphatic carbocycles. The molecule has 0 radical (unpaired) electrons. The highest BCUT2D eigenvalue weighted by molar-refractivity contribution is 6.39. The molecule has 34 heavy (non-hydrogen) atoms. The predicted octanol–water partition coefficient (Wildman–Crippen LogP) is 7.22. The number of rotatable bonds is 5. The highest BCUT2D eigenvalue weighted by Gasteiger charge is 2.31. The molecule has 0 saturated heterocycles. The molecule has 0 bridgehead atoms. The Hall–Kier alpha value is -3.49. The van der Waals surface area contributed by atoms with E-state index < -0.39 is 29.8 Å². The number of alkyl halides is 3. The average Bonchev–Trinajstić information content (AvgIpc) is 3.18. The van der Waals surface area contributed by atoms with E-state index >= 15 is 0 Å². The van der Waals surface area contributed by atoms with Crippen LogP contribution in [0, 0.1) is 0 Å². The molecule has 4 aromatic rings. The maximum atomic E-state index is 12.8. The van der Waals surface area contributed by atoms with E-state index in [1.807, 2.05) is 6.07 Å². The molecule has 0 aliphatic heterocycles. The quantitative estimate of drug-likeness (QED) is 0.299. The second-order valence-electron chi connectivity index (χ2n) is 7.23. The molecule has 0 fully saturated rings. The van der Waals surface area contributed by atoms with E-state index in [9.17, 15) is 23.1 Å². The number of oxazole rings is 1. The van der Waals surface area contributed by atoms with E-state index in [1.165, 1.54) is 0 Å². The highest BCUT2D eigenvalue weighted by atomic mass is 35.5. The van der Waals surface area contributed by atoms with E-state index in [2.05, 4.69) is 10.3 Å². The second kappa shape index (κ2) is 9.40. The number of benzene rings is 3. The first-order valence-electron chi connectivity index (χ1n) is 9.83. The number of hydrogen-bond donors (Lipinski definition) is 2. The van der Waals surface area contributed by atoms with E-state index in [1.54, 1.807) is 42.5 Å². The van der Waals surface area contributed by atoms with Gasteiger partial charge in [0.15, 0.2) is 0 Å². The number of hydrogen-bond acceptors (Lipinski definition) is 4. The summed E-state index contributed by atoms with van der Waals surface area (Å²) in [5, 5.41) is 13.1. The maximum absolute atomic E-state index is 12.8. The standard InChI is InChI=1S/C24H15Cl2F3N2O3/c25-16-7-4-8-17(26)20(16)21-23(34-22(31-21)13-5-2-1-3-6-13)30-19(33)11-14-9-10-15(12-18(14)32)24(27,28)29/h1-10,12,32H,11H2,(H,30,33). The normalized spacial score (nSPS) is 11.4. The van der Waals surface area contributed by atoms with Crippen LogP contribution in [0.5, 0.6) is 5.75 Å². The Bertz CT molecular complexity index is 1340. The van der Waals surface area contributed by atoms with Crippen LogP contribution in [0.3, 0.4) is 0 Å². The van der Waals surface area contributed by atoms with Crippen molar-refractivity contribution in [2.45, 2.75) is 12.6 Å². The number of phenolic OH excluding ortho intramolecular Hbond substituents is 1. The molecular weight excluding hydrogens is 492 g/mol. The minimum Gasteiger partial charge on any atom is -0.508 e. The third-order valence-electron chi connectivity index (χ3n) is 4.86. The van der Waals surface area contributed by atoms with Gasteiger partial charge in [-0.15, -0.1) is 0 Å². The second-order valence-corrected chi connectivity index (χ2v) is 8.04. The van der Waals surface area contributed by atoms with Crippen LogP contribution in [0.15, 0.2) is 71.1 Å². The Morgan fingerprint density at radius 3 is 2.29 bits per heavy atom. The Morgan fingerprint density at radius 2 is 1.68 bits per heavy atom. The summed E-state index contributed by atoms with van der Waals surface area (Å²) in [5.41, 5.74) is 0.134. The van der Waals surface area contributed by atoms with Crippen molar-refractivity contribution in [2.75, 3.05) is 5.32 Å². The molecule has 3 aromatic carbocycles. The van der Waals surface area contributed by atoms with E-state index in [-0.39, 0.29) is 33.1 Å². The van der Waals surface area contributed by atoms with Crippen molar-refractivity contribution in [1.82, 2.24) is 4.98 Å². The van der Waals surface area contributed by atoms with Crippen LogP contribution >= 0.6 is 23.2 Å². The van der Waals surface area contributed by atoms with Gasteiger partial charge < -0.3 is 9.52 Å². The van der Waals surface area contributed by atoms with Crippen molar-refractivity contribution in [1.29, 1.82) is 0 Å². The van der Waals surface area contributed by atoms with Crippen molar-refractivity contribution in [3.8, 4) is 28.5 Å². The molecule has 174 valence electrons. The lowest BCUT2D eigenvalue weighted by Crippen LogP contribution is -2.15. The Balaban J connectivity index is 1.67. The van der Waals surface area contributed by atoms with Crippen molar-refractivity contribution < 1.29 is 27.5 Å². The molecule has 0 aliphatic rings. The first-order valence-corrected chi connectivity index (χ1v) is 10.6. The number of amides is 1. The summed E-state index contributed by atoms with van der Waals surface area (Å²) in [6.45, 7) is 0. The van der Waals surface area contributed by atoms with Crippen molar-refractivity contribution >= 4 is 35.0 Å². The van der Waals surface area contributed by atoms with Crippen LogP contribution in [0.1, 0.15) is 11.1 Å². The van der Waals surface area contributed by atoms with Gasteiger partial charge in [0.1, 0.15) is 11.4 Å². The smallest absolute Gasteiger partial charge is 0.416 e. The Morgan fingerprint density at radius 1 is 1.00 bits per heavy atom. The first kappa shape index (κ1) is 23.7. The molecule has 1 heterocycles. The largest absolute Gasteiger partial charge is 0.508 e. The topological polar surface area (TPSA) is 75.4 Å². The zero-order valence-electron chi connectivity index (χ0n) is 17.2. The number of phenols is 1. The predicted molar refractivity (Wildman–Crippen MR) is 123 cm³/mol. The van der Waals surface area contributed by atoms with Gasteiger partial charge in [-0.1, -0.05) is 53.5 Å². The van der Waals surface area contributed by atoms with Gasteiger partial charge in [0.2, 0.25) is 17.7 Å². The fraction of sp³-hybridized carbons (Fsp3) is 0.0833. The molecule has 1 aromatic heterocycles. The van der Waals surface area contributed by atoms with Gasteiger partial charge in [-0.3, -0.25) is 10.1 Å². The summed E-state index contributed by atoms with van der Waals surface area (Å²) >= 11 is 12.7. The lowest BCUT2D eigenvalue weighted by atomic mass is 10.1. The lowest BCUT2D eigenvalue weighted by molar-refractivity contribution is -0.137. The van der Waals surface area contributed by atoms with Gasteiger partial charge in [-0.05, 0) is 36.4 Å². The molecule has 0 unspecified atom stereocenters. The van der Waals surface area contributed by atoms with E-state index in [4.69, 9.17) is 27.6 Å². The summed E-state index contributed by atoms with van der Waals surface area (Å²) < 4.78 is 44.3. The molecule has 0 atom stereocenters. The minimum atomic E-state index is -4.62. The summed E-state index contributed by atoms with van der Waals surface area (Å²) in [6.07, 6.45) is -5.03. The molecule has 2 N–H and O–H groups in total. The van der Waals surface area contributed by atoms with Crippen LogP contribution in [0.25, 0.3) is 22.7 Å². The van der Waals surface area contributed by atoms with Crippen molar-refractivity contribution in [3.63, 3.8) is 0 Å². The Kier molecular flexibility index (Phi) is 6.54. The van der Waals surface area contributed by atoms with Gasteiger partial charge in [0.25, 0.3) is 0 Å². The number of carbonyl (C=O) groups is 1. The monoisotopic (exact) mass is 506 g/mol. The molecular formula is C24H15Cl2F3N2O3. The molecule has 1 amide bonds. The van der Waals surface area contributed by atoms with Crippen molar-refractivity contribution in [3.05, 3.63) is 87.9 Å². The number of nitrogens with one attached hydrogen (secondary N) is 1. The summed E-state index contributed by atoms with van der Waals surface area (Å²) in [6, 6.07) is 16.2. The van der Waals surface area contributed by atoms with Gasteiger partial charge >= 0.3 is 6.18 Å². The number of nitrogens with zero attached hydrogens (tertiary/aromatic N) is 1. The minimum absolute atomic E-state index is 0.00521. The molecule has 5 nitrogen and oxygen atoms in total.